The lowest BCUT2D eigenvalue weighted by atomic mass is 10.1. The average Bonchev–Trinajstić information content (AvgIpc) is 3.35. The molecule has 0 bridgehead atoms. The van der Waals surface area contributed by atoms with Gasteiger partial charge in [-0.2, -0.15) is 5.10 Å². The van der Waals surface area contributed by atoms with E-state index in [0.29, 0.717) is 22.9 Å². The van der Waals surface area contributed by atoms with E-state index in [4.69, 9.17) is 14.7 Å². The molecule has 38 heavy (non-hydrogen) atoms. The number of carbonyl (C=O) groups excluding carboxylic acids is 2. The Morgan fingerprint density at radius 1 is 0.947 bits per heavy atom. The molecular formula is C29H28N6O3. The second kappa shape index (κ2) is 9.93. The van der Waals surface area contributed by atoms with Gasteiger partial charge in [-0.15, -0.1) is 0 Å². The predicted molar refractivity (Wildman–Crippen MR) is 148 cm³/mol. The Hall–Kier alpha value is -4.79. The van der Waals surface area contributed by atoms with Gasteiger partial charge in [-0.3, -0.25) is 14.7 Å². The highest BCUT2D eigenvalue weighted by Crippen LogP contribution is 2.29. The first-order valence-electron chi connectivity index (χ1n) is 12.3. The molecule has 0 radical (unpaired) electrons. The van der Waals surface area contributed by atoms with Crippen LogP contribution in [-0.2, 0) is 14.3 Å². The van der Waals surface area contributed by atoms with E-state index in [2.05, 4.69) is 20.8 Å². The van der Waals surface area contributed by atoms with Crippen molar-refractivity contribution in [2.45, 2.75) is 33.3 Å². The molecule has 3 aromatic carbocycles. The Balaban J connectivity index is 1.43. The van der Waals surface area contributed by atoms with Gasteiger partial charge >= 0.3 is 5.97 Å². The second-order valence-electron chi connectivity index (χ2n) is 10.0. The fourth-order valence-electron chi connectivity index (χ4n) is 3.94. The molecule has 1 amide bonds. The number of hydrogen-bond donors (Lipinski definition) is 3. The number of rotatable bonds is 6. The largest absolute Gasteiger partial charge is 0.459 e. The number of ether oxygens (including phenoxy) is 1. The van der Waals surface area contributed by atoms with Gasteiger partial charge in [0.05, 0.1) is 17.2 Å². The molecule has 0 saturated carbocycles. The summed E-state index contributed by atoms with van der Waals surface area (Å²) in [4.78, 5) is 34.7. The van der Waals surface area contributed by atoms with E-state index in [1.165, 1.54) is 6.92 Å². The lowest BCUT2D eigenvalue weighted by Gasteiger charge is -2.22. The molecule has 3 N–H and O–H groups in total. The Morgan fingerprint density at radius 2 is 1.76 bits per heavy atom. The quantitative estimate of drug-likeness (QED) is 0.195. The summed E-state index contributed by atoms with van der Waals surface area (Å²) in [6.07, 6.45) is 1.77. The van der Waals surface area contributed by atoms with E-state index in [9.17, 15) is 9.59 Å². The molecule has 192 valence electrons. The molecule has 1 atom stereocenters. The van der Waals surface area contributed by atoms with Crippen molar-refractivity contribution >= 4 is 50.9 Å². The van der Waals surface area contributed by atoms with Gasteiger partial charge in [0, 0.05) is 27.7 Å². The van der Waals surface area contributed by atoms with Crippen LogP contribution in [0.4, 0.5) is 17.2 Å². The van der Waals surface area contributed by atoms with Crippen LogP contribution in [-0.4, -0.2) is 37.6 Å². The summed E-state index contributed by atoms with van der Waals surface area (Å²) in [7, 11) is 0. The van der Waals surface area contributed by atoms with Gasteiger partial charge in [-0.05, 0) is 70.2 Å². The van der Waals surface area contributed by atoms with Gasteiger partial charge in [0.15, 0.2) is 5.82 Å². The molecule has 5 rings (SSSR count). The van der Waals surface area contributed by atoms with Crippen molar-refractivity contribution in [1.29, 1.82) is 0 Å². The molecular weight excluding hydrogens is 480 g/mol. The van der Waals surface area contributed by atoms with Crippen LogP contribution in [0.1, 0.15) is 27.7 Å². The Bertz CT molecular complexity index is 1650. The van der Waals surface area contributed by atoms with Crippen LogP contribution >= 0.6 is 0 Å². The third-order valence-corrected chi connectivity index (χ3v) is 5.85. The summed E-state index contributed by atoms with van der Waals surface area (Å²) in [5.74, 6) is -0.840. The Labute approximate surface area is 219 Å². The van der Waals surface area contributed by atoms with Crippen LogP contribution in [0.5, 0.6) is 0 Å². The van der Waals surface area contributed by atoms with Crippen molar-refractivity contribution in [3.8, 4) is 11.4 Å². The maximum atomic E-state index is 12.7. The van der Waals surface area contributed by atoms with E-state index >= 15 is 0 Å². The van der Waals surface area contributed by atoms with Gasteiger partial charge in [0.1, 0.15) is 17.3 Å². The summed E-state index contributed by atoms with van der Waals surface area (Å²) in [6, 6.07) is 20.9. The monoisotopic (exact) mass is 508 g/mol. The molecule has 2 heterocycles. The lowest BCUT2D eigenvalue weighted by molar-refractivity contribution is -0.160. The minimum Gasteiger partial charge on any atom is -0.459 e. The minimum absolute atomic E-state index is 0.451. The SMILES string of the molecule is C[C@@H](C(=O)Nc1cccc(-c2nc(Nc3ccc4[nH]ncc4c3)c3ccccc3n2)c1)C(=O)OC(C)(C)C. The number of amides is 1. The highest BCUT2D eigenvalue weighted by molar-refractivity contribution is 6.04. The van der Waals surface area contributed by atoms with Gasteiger partial charge in [0.2, 0.25) is 5.91 Å². The van der Waals surface area contributed by atoms with Gasteiger partial charge < -0.3 is 15.4 Å². The zero-order valence-electron chi connectivity index (χ0n) is 21.6. The number of H-pyrrole nitrogens is 1. The molecule has 0 fully saturated rings. The summed E-state index contributed by atoms with van der Waals surface area (Å²) in [5.41, 5.74) is 3.16. The fourth-order valence-corrected chi connectivity index (χ4v) is 3.94. The van der Waals surface area contributed by atoms with E-state index in [1.807, 2.05) is 54.6 Å². The number of benzene rings is 3. The molecule has 9 nitrogen and oxygen atoms in total. The van der Waals surface area contributed by atoms with E-state index in [0.717, 1.165) is 27.5 Å². The maximum absolute atomic E-state index is 12.7. The number of carbonyl (C=O) groups is 2. The number of aromatic amines is 1. The van der Waals surface area contributed by atoms with Gasteiger partial charge in [-0.1, -0.05) is 24.3 Å². The first-order valence-corrected chi connectivity index (χ1v) is 12.3. The molecule has 0 spiro atoms. The third-order valence-electron chi connectivity index (χ3n) is 5.85. The summed E-state index contributed by atoms with van der Waals surface area (Å²) in [5, 5.41) is 15.1. The van der Waals surface area contributed by atoms with E-state index in [1.54, 1.807) is 39.1 Å². The zero-order valence-corrected chi connectivity index (χ0v) is 21.6. The number of esters is 1. The molecule has 0 unspecified atom stereocenters. The second-order valence-corrected chi connectivity index (χ2v) is 10.0. The first kappa shape index (κ1) is 24.9. The molecule has 5 aromatic rings. The van der Waals surface area contributed by atoms with Crippen molar-refractivity contribution < 1.29 is 14.3 Å². The van der Waals surface area contributed by atoms with Gasteiger partial charge in [0.25, 0.3) is 0 Å². The fraction of sp³-hybridized carbons (Fsp3) is 0.207. The van der Waals surface area contributed by atoms with Crippen LogP contribution in [0.15, 0.2) is 72.9 Å². The zero-order chi connectivity index (χ0) is 26.9. The molecule has 0 aliphatic rings. The predicted octanol–water partition coefficient (Wildman–Crippen LogP) is 5.83. The standard InChI is InChI=1S/C29H28N6O3/c1-17(28(37)38-29(2,3)4)27(36)32-20-9-7-8-18(14-20)25-33-24-11-6-5-10-22(24)26(34-25)31-21-12-13-23-19(15-21)16-30-35-23/h5-17H,1-4H3,(H,30,35)(H,32,36)(H,31,33,34)/t17-/m0/s1. The number of aromatic nitrogens is 4. The topological polar surface area (TPSA) is 122 Å². The van der Waals surface area contributed by atoms with Crippen molar-refractivity contribution in [1.82, 2.24) is 20.2 Å². The normalized spacial score (nSPS) is 12.3. The van der Waals surface area contributed by atoms with Crippen LogP contribution in [0.3, 0.4) is 0 Å². The minimum atomic E-state index is -0.960. The lowest BCUT2D eigenvalue weighted by Crippen LogP contribution is -2.33. The maximum Gasteiger partial charge on any atom is 0.318 e. The molecule has 9 heteroatoms. The molecule has 0 aliphatic heterocycles. The Morgan fingerprint density at radius 3 is 2.58 bits per heavy atom. The Kier molecular flexibility index (Phi) is 6.50. The smallest absolute Gasteiger partial charge is 0.318 e. The highest BCUT2D eigenvalue weighted by atomic mass is 16.6. The van der Waals surface area contributed by atoms with Crippen LogP contribution in [0.25, 0.3) is 33.2 Å². The van der Waals surface area contributed by atoms with Crippen LogP contribution in [0, 0.1) is 5.92 Å². The summed E-state index contributed by atoms with van der Waals surface area (Å²) >= 11 is 0. The van der Waals surface area contributed by atoms with Crippen molar-refractivity contribution in [3.63, 3.8) is 0 Å². The molecule has 0 aliphatic carbocycles. The number of para-hydroxylation sites is 1. The van der Waals surface area contributed by atoms with Crippen molar-refractivity contribution in [2.75, 3.05) is 10.6 Å². The van der Waals surface area contributed by atoms with Crippen LogP contribution < -0.4 is 10.6 Å². The van der Waals surface area contributed by atoms with Crippen molar-refractivity contribution in [2.24, 2.45) is 5.92 Å². The number of nitrogens with zero attached hydrogens (tertiary/aromatic N) is 3. The highest BCUT2D eigenvalue weighted by Gasteiger charge is 2.27. The molecule has 2 aromatic heterocycles. The number of anilines is 3. The summed E-state index contributed by atoms with van der Waals surface area (Å²) in [6.45, 7) is 6.82. The van der Waals surface area contributed by atoms with E-state index < -0.39 is 23.4 Å². The number of nitrogens with one attached hydrogen (secondary N) is 3. The van der Waals surface area contributed by atoms with Crippen LogP contribution in [0.2, 0.25) is 0 Å². The molecule has 0 saturated heterocycles. The van der Waals surface area contributed by atoms with E-state index in [-0.39, 0.29) is 0 Å². The summed E-state index contributed by atoms with van der Waals surface area (Å²) < 4.78 is 5.34. The number of hydrogen-bond acceptors (Lipinski definition) is 7. The van der Waals surface area contributed by atoms with Crippen molar-refractivity contribution in [3.05, 3.63) is 72.9 Å². The average molecular weight is 509 g/mol. The first-order chi connectivity index (χ1) is 18.2. The third kappa shape index (κ3) is 5.46. The van der Waals surface area contributed by atoms with Gasteiger partial charge in [-0.25, -0.2) is 9.97 Å². The number of fused-ring (bicyclic) bond motifs is 2.